The average Bonchev–Trinajstić information content (AvgIpc) is 2.66. The van der Waals surface area contributed by atoms with Crippen molar-refractivity contribution in [1.29, 1.82) is 0 Å². The van der Waals surface area contributed by atoms with Crippen LogP contribution < -0.4 is 19.6 Å². The molecule has 1 amide bonds. The minimum Gasteiger partial charge on any atom is -0.497 e. The molecule has 0 bridgehead atoms. The highest BCUT2D eigenvalue weighted by molar-refractivity contribution is 5.95. The summed E-state index contributed by atoms with van der Waals surface area (Å²) in [6.07, 6.45) is 6.68. The van der Waals surface area contributed by atoms with E-state index in [9.17, 15) is 4.79 Å². The van der Waals surface area contributed by atoms with E-state index in [0.717, 1.165) is 0 Å². The number of nitrogens with zero attached hydrogens (tertiary/aromatic N) is 1. The third kappa shape index (κ3) is 5.01. The lowest BCUT2D eigenvalue weighted by Gasteiger charge is -2.07. The molecule has 6 nitrogen and oxygen atoms in total. The molecule has 0 saturated heterocycles. The zero-order valence-corrected chi connectivity index (χ0v) is 14.0. The maximum Gasteiger partial charge on any atom is 0.271 e. The second-order valence-corrected chi connectivity index (χ2v) is 4.83. The number of benzene rings is 2. The standard InChI is InChI=1S/C19H18N2O4/c1-4-9-25-18-8-6-5-7-14(18)13-20-21-19(22)15-10-16(23-2)12-17(11-15)24-3/h1,5-8,10-13H,9H2,2-3H3,(H,21,22)/b20-13-. The number of nitrogens with one attached hydrogen (secondary N) is 1. The molecule has 0 spiro atoms. The van der Waals surface area contributed by atoms with Gasteiger partial charge in [-0.3, -0.25) is 4.79 Å². The number of terminal acetylenes is 1. The van der Waals surface area contributed by atoms with Gasteiger partial charge in [0.1, 0.15) is 23.9 Å². The minimum atomic E-state index is -0.393. The van der Waals surface area contributed by atoms with Crippen molar-refractivity contribution in [3.05, 3.63) is 53.6 Å². The monoisotopic (exact) mass is 338 g/mol. The highest BCUT2D eigenvalue weighted by atomic mass is 16.5. The number of rotatable bonds is 7. The zero-order valence-electron chi connectivity index (χ0n) is 14.0. The Morgan fingerprint density at radius 1 is 1.20 bits per heavy atom. The summed E-state index contributed by atoms with van der Waals surface area (Å²) in [4.78, 5) is 12.2. The number of amides is 1. The molecule has 0 radical (unpaired) electrons. The molecule has 0 aromatic heterocycles. The van der Waals surface area contributed by atoms with Crippen molar-refractivity contribution in [1.82, 2.24) is 5.43 Å². The normalized spacial score (nSPS) is 10.1. The summed E-state index contributed by atoms with van der Waals surface area (Å²) in [5, 5.41) is 3.96. The van der Waals surface area contributed by atoms with Gasteiger partial charge in [-0.05, 0) is 24.3 Å². The van der Waals surface area contributed by atoms with Crippen LogP contribution in [0.5, 0.6) is 17.2 Å². The molecule has 0 unspecified atom stereocenters. The second kappa shape index (κ2) is 8.99. The van der Waals surface area contributed by atoms with Crippen LogP contribution in [0.1, 0.15) is 15.9 Å². The molecular weight excluding hydrogens is 320 g/mol. The SMILES string of the molecule is C#CCOc1ccccc1/C=N\NC(=O)c1cc(OC)cc(OC)c1. The molecule has 0 aliphatic heterocycles. The number of hydrazone groups is 1. The largest absolute Gasteiger partial charge is 0.497 e. The first kappa shape index (κ1) is 17.9. The molecule has 2 rings (SSSR count). The molecule has 6 heteroatoms. The lowest BCUT2D eigenvalue weighted by Crippen LogP contribution is -2.17. The first-order chi connectivity index (χ1) is 12.2. The molecule has 0 fully saturated rings. The van der Waals surface area contributed by atoms with Gasteiger partial charge in [-0.2, -0.15) is 5.10 Å². The number of para-hydroxylation sites is 1. The van der Waals surface area contributed by atoms with Crippen LogP contribution in [-0.2, 0) is 0 Å². The fraction of sp³-hybridized carbons (Fsp3) is 0.158. The molecule has 1 N–H and O–H groups in total. The van der Waals surface area contributed by atoms with Crippen LogP contribution in [0.4, 0.5) is 0 Å². The fourth-order valence-electron chi connectivity index (χ4n) is 2.00. The third-order valence-corrected chi connectivity index (χ3v) is 3.21. The first-order valence-corrected chi connectivity index (χ1v) is 7.39. The van der Waals surface area contributed by atoms with E-state index in [-0.39, 0.29) is 6.61 Å². The number of carbonyl (C=O) groups excluding carboxylic acids is 1. The fourth-order valence-corrected chi connectivity index (χ4v) is 2.00. The van der Waals surface area contributed by atoms with E-state index in [0.29, 0.717) is 28.4 Å². The molecule has 2 aromatic rings. The van der Waals surface area contributed by atoms with Crippen LogP contribution >= 0.6 is 0 Å². The maximum atomic E-state index is 12.2. The Bertz CT molecular complexity index is 787. The van der Waals surface area contributed by atoms with Crippen LogP contribution in [0.15, 0.2) is 47.6 Å². The number of methoxy groups -OCH3 is 2. The van der Waals surface area contributed by atoms with Gasteiger partial charge in [-0.15, -0.1) is 6.42 Å². The van der Waals surface area contributed by atoms with Crippen LogP contribution in [0.2, 0.25) is 0 Å². The Hall–Kier alpha value is -3.46. The third-order valence-electron chi connectivity index (χ3n) is 3.21. The van der Waals surface area contributed by atoms with Crippen molar-refractivity contribution < 1.29 is 19.0 Å². The van der Waals surface area contributed by atoms with Crippen molar-refractivity contribution in [3.63, 3.8) is 0 Å². The first-order valence-electron chi connectivity index (χ1n) is 7.39. The Morgan fingerprint density at radius 2 is 1.88 bits per heavy atom. The van der Waals surface area contributed by atoms with Gasteiger partial charge in [0.2, 0.25) is 0 Å². The van der Waals surface area contributed by atoms with Gasteiger partial charge >= 0.3 is 0 Å². The predicted octanol–water partition coefficient (Wildman–Crippen LogP) is 2.48. The average molecular weight is 338 g/mol. The molecule has 0 heterocycles. The van der Waals surface area contributed by atoms with Gasteiger partial charge in [0.05, 0.1) is 20.4 Å². The van der Waals surface area contributed by atoms with Crippen LogP contribution in [0.3, 0.4) is 0 Å². The van der Waals surface area contributed by atoms with Crippen molar-refractivity contribution >= 4 is 12.1 Å². The highest BCUT2D eigenvalue weighted by Crippen LogP contribution is 2.22. The molecule has 25 heavy (non-hydrogen) atoms. The Morgan fingerprint density at radius 3 is 2.52 bits per heavy atom. The zero-order chi connectivity index (χ0) is 18.1. The van der Waals surface area contributed by atoms with Gasteiger partial charge in [0.25, 0.3) is 5.91 Å². The number of carbonyl (C=O) groups is 1. The summed E-state index contributed by atoms with van der Waals surface area (Å²) in [7, 11) is 3.03. The molecule has 0 atom stereocenters. The summed E-state index contributed by atoms with van der Waals surface area (Å²) in [6, 6.07) is 12.1. The topological polar surface area (TPSA) is 69.2 Å². The summed E-state index contributed by atoms with van der Waals surface area (Å²) in [5.41, 5.74) is 3.52. The molecular formula is C19H18N2O4. The van der Waals surface area contributed by atoms with E-state index in [1.807, 2.05) is 12.1 Å². The van der Waals surface area contributed by atoms with E-state index in [2.05, 4.69) is 16.4 Å². The Balaban J connectivity index is 2.10. The molecule has 0 aliphatic carbocycles. The van der Waals surface area contributed by atoms with Gasteiger partial charge < -0.3 is 14.2 Å². The van der Waals surface area contributed by atoms with Crippen molar-refractivity contribution in [2.24, 2.45) is 5.10 Å². The van der Waals surface area contributed by atoms with Crippen molar-refractivity contribution in [2.45, 2.75) is 0 Å². The number of ether oxygens (including phenoxy) is 3. The van der Waals surface area contributed by atoms with Crippen molar-refractivity contribution in [3.8, 4) is 29.6 Å². The lowest BCUT2D eigenvalue weighted by atomic mass is 10.2. The molecule has 0 saturated carbocycles. The summed E-state index contributed by atoms with van der Waals surface area (Å²) >= 11 is 0. The summed E-state index contributed by atoms with van der Waals surface area (Å²) < 4.78 is 15.7. The quantitative estimate of drug-likeness (QED) is 0.478. The maximum absolute atomic E-state index is 12.2. The lowest BCUT2D eigenvalue weighted by molar-refractivity contribution is 0.0954. The van der Waals surface area contributed by atoms with Gasteiger partial charge in [-0.25, -0.2) is 5.43 Å². The Labute approximate surface area is 146 Å². The summed E-state index contributed by atoms with van der Waals surface area (Å²) in [6.45, 7) is 0.154. The second-order valence-electron chi connectivity index (χ2n) is 4.83. The minimum absolute atomic E-state index is 0.154. The number of hydrogen-bond donors (Lipinski definition) is 1. The predicted molar refractivity (Wildman–Crippen MR) is 95.4 cm³/mol. The van der Waals surface area contributed by atoms with Crippen LogP contribution in [0.25, 0.3) is 0 Å². The summed E-state index contributed by atoms with van der Waals surface area (Å²) in [5.74, 6) is 3.62. The van der Waals surface area contributed by atoms with Crippen molar-refractivity contribution in [2.75, 3.05) is 20.8 Å². The van der Waals surface area contributed by atoms with E-state index >= 15 is 0 Å². The van der Waals surface area contributed by atoms with Crippen LogP contribution in [-0.4, -0.2) is 32.9 Å². The highest BCUT2D eigenvalue weighted by Gasteiger charge is 2.09. The number of hydrogen-bond acceptors (Lipinski definition) is 5. The molecule has 0 aliphatic rings. The smallest absolute Gasteiger partial charge is 0.271 e. The van der Waals surface area contributed by atoms with E-state index in [1.165, 1.54) is 20.4 Å². The van der Waals surface area contributed by atoms with Gasteiger partial charge in [0.15, 0.2) is 0 Å². The van der Waals surface area contributed by atoms with E-state index in [4.69, 9.17) is 20.6 Å². The van der Waals surface area contributed by atoms with Crippen LogP contribution in [0, 0.1) is 12.3 Å². The van der Waals surface area contributed by atoms with E-state index in [1.54, 1.807) is 30.3 Å². The Kier molecular flexibility index (Phi) is 6.43. The van der Waals surface area contributed by atoms with Gasteiger partial charge in [-0.1, -0.05) is 18.1 Å². The van der Waals surface area contributed by atoms with Gasteiger partial charge in [0, 0.05) is 17.2 Å². The van der Waals surface area contributed by atoms with E-state index < -0.39 is 5.91 Å². The molecule has 128 valence electrons. The molecule has 2 aromatic carbocycles.